The van der Waals surface area contributed by atoms with E-state index in [1.807, 2.05) is 0 Å². The van der Waals surface area contributed by atoms with Gasteiger partial charge in [-0.1, -0.05) is 21.8 Å². The van der Waals surface area contributed by atoms with Crippen LogP contribution in [0.1, 0.15) is 69.7 Å². The summed E-state index contributed by atoms with van der Waals surface area (Å²) in [6.07, 6.45) is 0.480. The van der Waals surface area contributed by atoms with E-state index in [1.165, 1.54) is 53.3 Å². The highest BCUT2D eigenvalue weighted by Crippen LogP contribution is 2.52. The fourth-order valence-corrected chi connectivity index (χ4v) is 4.53. The standard InChI is InChI=1S/C19H35NO8S.2CH4/c1-8-13(29-10-9-21)14(23)27-11-15(3)17(5,24)18(6,25)16(4,20-12(2)22)19(7,26)28-15;;/h13,21,24-26H,8-11H2,1-7H3,(H,20,22);2*1H4. The molecule has 1 fully saturated rings. The number of esters is 1. The lowest BCUT2D eigenvalue weighted by Crippen LogP contribution is -2.88. The van der Waals surface area contributed by atoms with Crippen LogP contribution in [0.4, 0.5) is 0 Å². The van der Waals surface area contributed by atoms with Crippen LogP contribution >= 0.6 is 11.8 Å². The summed E-state index contributed by atoms with van der Waals surface area (Å²) in [5.74, 6) is -2.82. The second-order valence-electron chi connectivity index (χ2n) is 8.37. The molecule has 1 rings (SSSR count). The molecule has 0 aromatic heterocycles. The van der Waals surface area contributed by atoms with E-state index in [0.29, 0.717) is 12.2 Å². The topological polar surface area (TPSA) is 146 Å². The van der Waals surface area contributed by atoms with Crippen molar-refractivity contribution < 1.29 is 39.5 Å². The number of rotatable bonds is 8. The lowest BCUT2D eigenvalue weighted by Gasteiger charge is -2.65. The van der Waals surface area contributed by atoms with Crippen LogP contribution in [0.2, 0.25) is 0 Å². The van der Waals surface area contributed by atoms with Crippen molar-refractivity contribution in [2.24, 2.45) is 0 Å². The van der Waals surface area contributed by atoms with Gasteiger partial charge in [0.05, 0.1) is 6.61 Å². The van der Waals surface area contributed by atoms with Gasteiger partial charge in [0.1, 0.15) is 34.2 Å². The van der Waals surface area contributed by atoms with Crippen molar-refractivity contribution >= 4 is 23.6 Å². The lowest BCUT2D eigenvalue weighted by molar-refractivity contribution is -0.416. The van der Waals surface area contributed by atoms with Crippen LogP contribution in [-0.4, -0.2) is 84.6 Å². The van der Waals surface area contributed by atoms with Crippen molar-refractivity contribution in [3.05, 3.63) is 0 Å². The second-order valence-corrected chi connectivity index (χ2v) is 9.68. The fraction of sp³-hybridized carbons (Fsp3) is 0.905. The molecule has 1 amide bonds. The van der Waals surface area contributed by atoms with E-state index >= 15 is 0 Å². The number of aliphatic hydroxyl groups is 4. The molecule has 1 aliphatic rings. The van der Waals surface area contributed by atoms with Gasteiger partial charge in [0.25, 0.3) is 0 Å². The molecule has 1 aliphatic heterocycles. The molecule has 6 atom stereocenters. The minimum absolute atomic E-state index is 0. The molecule has 31 heavy (non-hydrogen) atoms. The average Bonchev–Trinajstić information content (AvgIpc) is 2.58. The molecule has 0 aromatic carbocycles. The van der Waals surface area contributed by atoms with Crippen LogP contribution in [0.5, 0.6) is 0 Å². The first kappa shape index (κ1) is 32.3. The number of amides is 1. The molecule has 0 aromatic rings. The summed E-state index contributed by atoms with van der Waals surface area (Å²) in [7, 11) is 0. The van der Waals surface area contributed by atoms with Gasteiger partial charge in [-0.3, -0.25) is 9.59 Å². The van der Waals surface area contributed by atoms with Crippen LogP contribution in [0.15, 0.2) is 0 Å². The Morgan fingerprint density at radius 2 is 1.58 bits per heavy atom. The fourth-order valence-electron chi connectivity index (χ4n) is 3.70. The summed E-state index contributed by atoms with van der Waals surface area (Å²) in [5, 5.41) is 44.5. The van der Waals surface area contributed by atoms with Gasteiger partial charge in [0.15, 0.2) is 5.79 Å². The van der Waals surface area contributed by atoms with Crippen LogP contribution in [0.25, 0.3) is 0 Å². The van der Waals surface area contributed by atoms with Crippen LogP contribution in [0.3, 0.4) is 0 Å². The maximum absolute atomic E-state index is 12.4. The number of carbonyl (C=O) groups excluding carboxylic acids is 2. The van der Waals surface area contributed by atoms with Gasteiger partial charge in [-0.15, -0.1) is 11.8 Å². The quantitative estimate of drug-likeness (QED) is 0.331. The van der Waals surface area contributed by atoms with Crippen molar-refractivity contribution in [2.75, 3.05) is 19.0 Å². The van der Waals surface area contributed by atoms with Gasteiger partial charge in [-0.2, -0.15) is 0 Å². The van der Waals surface area contributed by atoms with E-state index in [0.717, 1.165) is 0 Å². The molecule has 1 saturated heterocycles. The van der Waals surface area contributed by atoms with Gasteiger partial charge in [0.2, 0.25) is 5.91 Å². The third-order valence-corrected chi connectivity index (χ3v) is 7.61. The summed E-state index contributed by atoms with van der Waals surface area (Å²) in [6, 6.07) is 0. The Morgan fingerprint density at radius 1 is 1.06 bits per heavy atom. The summed E-state index contributed by atoms with van der Waals surface area (Å²) >= 11 is 1.25. The first-order valence-electron chi connectivity index (χ1n) is 9.58. The minimum Gasteiger partial charge on any atom is -0.462 e. The maximum Gasteiger partial charge on any atom is 0.319 e. The Morgan fingerprint density at radius 3 is 2.00 bits per heavy atom. The molecule has 0 aliphatic carbocycles. The molecular formula is C21H43NO8S. The summed E-state index contributed by atoms with van der Waals surface area (Å²) in [5.41, 5.74) is -7.60. The van der Waals surface area contributed by atoms with E-state index in [9.17, 15) is 24.9 Å². The third-order valence-electron chi connectivity index (χ3n) is 6.26. The molecule has 0 bridgehead atoms. The van der Waals surface area contributed by atoms with Gasteiger partial charge in [0, 0.05) is 12.7 Å². The molecule has 0 saturated carbocycles. The number of nitrogens with one attached hydrogen (secondary N) is 1. The zero-order valence-corrected chi connectivity index (χ0v) is 19.1. The monoisotopic (exact) mass is 469 g/mol. The van der Waals surface area contributed by atoms with E-state index in [1.54, 1.807) is 6.92 Å². The largest absolute Gasteiger partial charge is 0.462 e. The Hall–Kier alpha value is -0.910. The first-order chi connectivity index (χ1) is 13.0. The van der Waals surface area contributed by atoms with Gasteiger partial charge in [-0.05, 0) is 41.0 Å². The van der Waals surface area contributed by atoms with Crippen LogP contribution in [-0.2, 0) is 19.1 Å². The zero-order valence-electron chi connectivity index (χ0n) is 18.2. The summed E-state index contributed by atoms with van der Waals surface area (Å²) < 4.78 is 11.2. The second kappa shape index (κ2) is 10.8. The van der Waals surface area contributed by atoms with Crippen molar-refractivity contribution in [2.45, 2.75) is 103 Å². The molecule has 186 valence electrons. The average molecular weight is 470 g/mol. The number of hydrogen-bond donors (Lipinski definition) is 5. The van der Waals surface area contributed by atoms with Crippen molar-refractivity contribution in [1.82, 2.24) is 5.32 Å². The van der Waals surface area contributed by atoms with Crippen molar-refractivity contribution in [3.8, 4) is 0 Å². The predicted octanol–water partition coefficient (Wildman–Crippen LogP) is 1.20. The molecule has 10 heteroatoms. The van der Waals surface area contributed by atoms with Gasteiger partial charge in [-0.25, -0.2) is 0 Å². The summed E-state index contributed by atoms with van der Waals surface area (Å²) in [4.78, 5) is 24.1. The molecular weight excluding hydrogens is 426 g/mol. The van der Waals surface area contributed by atoms with E-state index in [-0.39, 0.29) is 21.5 Å². The molecule has 0 spiro atoms. The highest BCUT2D eigenvalue weighted by atomic mass is 32.2. The van der Waals surface area contributed by atoms with Crippen LogP contribution in [0, 0.1) is 0 Å². The van der Waals surface area contributed by atoms with Crippen molar-refractivity contribution in [1.29, 1.82) is 0 Å². The molecule has 9 nitrogen and oxygen atoms in total. The Kier molecular flexibility index (Phi) is 11.2. The molecule has 0 radical (unpaired) electrons. The number of thioether (sulfide) groups is 1. The number of hydrogen-bond acceptors (Lipinski definition) is 9. The first-order valence-corrected chi connectivity index (χ1v) is 10.6. The molecule has 6 unspecified atom stereocenters. The Labute approximate surface area is 190 Å². The SMILES string of the molecule is C.C.CCC(SCCO)C(=O)OCC1(C)OC(C)(O)C(C)(NC(C)=O)C(C)(O)C1(C)O. The molecule has 1 heterocycles. The third kappa shape index (κ3) is 5.54. The smallest absolute Gasteiger partial charge is 0.319 e. The van der Waals surface area contributed by atoms with E-state index in [2.05, 4.69) is 5.32 Å². The Bertz CT molecular complexity index is 625. The lowest BCUT2D eigenvalue weighted by atomic mass is 9.59. The van der Waals surface area contributed by atoms with Gasteiger partial charge < -0.3 is 35.2 Å². The zero-order chi connectivity index (χ0) is 22.9. The van der Waals surface area contributed by atoms with Crippen molar-refractivity contribution in [3.63, 3.8) is 0 Å². The summed E-state index contributed by atoms with van der Waals surface area (Å²) in [6.45, 7) is 9.13. The van der Waals surface area contributed by atoms with Gasteiger partial charge >= 0.3 is 5.97 Å². The van der Waals surface area contributed by atoms with Crippen LogP contribution < -0.4 is 5.32 Å². The highest BCUT2D eigenvalue weighted by molar-refractivity contribution is 8.00. The highest BCUT2D eigenvalue weighted by Gasteiger charge is 2.74. The minimum atomic E-state index is -2.11. The molecule has 5 N–H and O–H groups in total. The van der Waals surface area contributed by atoms with E-state index in [4.69, 9.17) is 14.6 Å². The number of carbonyl (C=O) groups is 2. The maximum atomic E-state index is 12.4. The normalized spacial score (nSPS) is 38.3. The number of aliphatic hydroxyl groups excluding tert-OH is 1. The van der Waals surface area contributed by atoms with E-state index < -0.39 is 51.9 Å². The Balaban J connectivity index is 0. The predicted molar refractivity (Wildman–Crippen MR) is 122 cm³/mol. The number of ether oxygens (including phenoxy) is 2.